The minimum absolute atomic E-state index is 0. The van der Waals surface area contributed by atoms with Gasteiger partial charge in [-0.15, -0.1) is 24.0 Å². The number of piperazine rings is 4. The van der Waals surface area contributed by atoms with Crippen molar-refractivity contribution in [2.75, 3.05) is 119 Å². The molecule has 0 aromatic rings. The van der Waals surface area contributed by atoms with Crippen molar-refractivity contribution < 1.29 is 49.7 Å². The number of rotatable bonds is 5. The van der Waals surface area contributed by atoms with Gasteiger partial charge < -0.3 is 0 Å². The summed E-state index contributed by atoms with van der Waals surface area (Å²) < 4.78 is 5.71. The summed E-state index contributed by atoms with van der Waals surface area (Å²) in [6.45, 7) is 26.3. The zero-order chi connectivity index (χ0) is 33.2. The first-order valence-electron chi connectivity index (χ1n) is 18.1. The molecular formula is C32H64I7N8. The molecule has 15 heteroatoms. The number of alkyl halides is 3. The second-order valence-corrected chi connectivity index (χ2v) is 20.6. The number of quaternary nitrogens is 2. The molecule has 8 nitrogen and oxygen atoms in total. The average Bonchev–Trinajstić information content (AvgIpc) is 3.11. The van der Waals surface area contributed by atoms with E-state index in [4.69, 9.17) is 0 Å². The zero-order valence-electron chi connectivity index (χ0n) is 29.2. The number of hydrogen-bond donors (Lipinski definition) is 0. The molecule has 8 fully saturated rings. The minimum Gasteiger partial charge on any atom is -0.107 e. The molecule has 8 heterocycles. The fourth-order valence-corrected chi connectivity index (χ4v) is 15.1. The van der Waals surface area contributed by atoms with E-state index in [1.807, 2.05) is 4.93 Å². The van der Waals surface area contributed by atoms with Crippen LogP contribution in [0.2, 0.25) is 0 Å². The largest absolute Gasteiger partial charge is 0.107 e. The molecule has 4 atom stereocenters. The van der Waals surface area contributed by atoms with Gasteiger partial charge in [0.25, 0.3) is 0 Å². The standard InChI is InChI=1S/C15H29I2N4.C12H22N4.C4H9I.CH3I.I2.HI/c1-2-5-17-21-11-4-7-19-8-12-20(16)10-3-6-18(9-13-21)14(20)15(19)21;1-3-13-7-9-15-5-2-6-16-10-8-14(4-1)11(13)12(15)16;1-2-3-4-5;2*1-2;/h14-15H,2-13H2,1H3;11-12H,1-10H2;2-4H2,1H3;1H3;;1H. The molecule has 8 rings (SSSR count). The number of hydrogen-bond acceptors (Lipinski definition) is 6. The molecule has 47 heavy (non-hydrogen) atoms. The van der Waals surface area contributed by atoms with Gasteiger partial charge in [0.15, 0.2) is 0 Å². The summed E-state index contributed by atoms with van der Waals surface area (Å²) in [5.41, 5.74) is 0. The molecule has 8 aliphatic rings. The Morgan fingerprint density at radius 1 is 0.596 bits per heavy atom. The summed E-state index contributed by atoms with van der Waals surface area (Å²) in [6.07, 6.45) is 12.8. The Morgan fingerprint density at radius 3 is 1.53 bits per heavy atom. The molecule has 0 spiro atoms. The third-order valence-electron chi connectivity index (χ3n) is 11.3. The van der Waals surface area contributed by atoms with Gasteiger partial charge >= 0.3 is 155 Å². The van der Waals surface area contributed by atoms with E-state index >= 15 is 0 Å². The van der Waals surface area contributed by atoms with E-state index in [9.17, 15) is 0 Å². The van der Waals surface area contributed by atoms with Crippen molar-refractivity contribution in [1.82, 2.24) is 29.4 Å². The van der Waals surface area contributed by atoms with Crippen molar-refractivity contribution in [1.29, 1.82) is 0 Å². The van der Waals surface area contributed by atoms with E-state index < -0.39 is 0 Å². The molecule has 0 N–H and O–H groups in total. The maximum absolute atomic E-state index is 2.91. The van der Waals surface area contributed by atoms with Crippen LogP contribution in [0, 0.1) is 0 Å². The molecule has 0 amide bonds. The van der Waals surface area contributed by atoms with Gasteiger partial charge in [-0.2, -0.15) is 0 Å². The van der Waals surface area contributed by atoms with E-state index in [-0.39, 0.29) is 24.0 Å². The van der Waals surface area contributed by atoms with Crippen LogP contribution in [-0.2, 0) is 0 Å². The van der Waals surface area contributed by atoms with Gasteiger partial charge in [0.05, 0.1) is 12.3 Å². The smallest absolute Gasteiger partial charge is 0 e. The molecule has 0 saturated carbocycles. The summed E-state index contributed by atoms with van der Waals surface area (Å²) in [6, 6.07) is 0. The van der Waals surface area contributed by atoms with E-state index in [0.29, 0.717) is 21.5 Å². The normalized spacial score (nSPS) is 36.6. The second kappa shape index (κ2) is 23.8. The maximum atomic E-state index is 2.91. The molecule has 8 aliphatic heterocycles. The van der Waals surface area contributed by atoms with Crippen LogP contribution in [0.25, 0.3) is 0 Å². The Morgan fingerprint density at radius 2 is 1.06 bits per heavy atom. The zero-order valence-corrected chi connectivity index (χ0v) is 44.5. The van der Waals surface area contributed by atoms with Gasteiger partial charge in [0.1, 0.15) is 0 Å². The molecule has 0 aromatic carbocycles. The van der Waals surface area contributed by atoms with Crippen molar-refractivity contribution in [3.8, 4) is 0 Å². The summed E-state index contributed by atoms with van der Waals surface area (Å²) in [5, 5.41) is 0. The van der Waals surface area contributed by atoms with E-state index in [1.165, 1.54) is 164 Å². The van der Waals surface area contributed by atoms with Crippen molar-refractivity contribution in [3.63, 3.8) is 0 Å². The van der Waals surface area contributed by atoms with Gasteiger partial charge in [0.2, 0.25) is 0 Å². The van der Waals surface area contributed by atoms with Crippen molar-refractivity contribution in [2.45, 2.75) is 83.5 Å². The predicted molar refractivity (Wildman–Crippen MR) is 235 cm³/mol. The topological polar surface area (TPSA) is 19.4 Å². The second-order valence-electron chi connectivity index (χ2n) is 13.9. The van der Waals surface area contributed by atoms with Crippen molar-refractivity contribution in [2.24, 2.45) is 0 Å². The van der Waals surface area contributed by atoms with Gasteiger partial charge in [-0.1, -0.05) is 58.5 Å². The number of unbranched alkanes of at least 4 members (excludes halogenated alkanes) is 1. The van der Waals surface area contributed by atoms with Crippen LogP contribution in [0.5, 0.6) is 0 Å². The molecular weight excluding hydrogens is 1380 g/mol. The van der Waals surface area contributed by atoms with Crippen LogP contribution in [0.15, 0.2) is 0 Å². The van der Waals surface area contributed by atoms with Crippen LogP contribution >= 0.6 is 106 Å². The third-order valence-corrected chi connectivity index (χ3v) is 18.1. The Hall–Kier alpha value is 4.79. The van der Waals surface area contributed by atoms with Crippen LogP contribution in [0.4, 0.5) is 0 Å². The van der Waals surface area contributed by atoms with Crippen LogP contribution in [0.3, 0.4) is 0 Å². The van der Waals surface area contributed by atoms with Crippen molar-refractivity contribution in [3.05, 3.63) is 0 Å². The SMILES string of the molecule is C1CN2CCN3CCCN4CCN(C1)C2C34.CCCCI.CCC[I-][N+]12CCCN3CC[N+]4([I-])CCCN(CC1)C4C32.CI.I.II. The molecule has 0 bridgehead atoms. The van der Waals surface area contributed by atoms with E-state index in [2.05, 4.69) is 149 Å². The fraction of sp³-hybridized carbons (Fsp3) is 1.00. The van der Waals surface area contributed by atoms with Gasteiger partial charge in [-0.3, -0.25) is 19.6 Å². The van der Waals surface area contributed by atoms with Gasteiger partial charge in [0, 0.05) is 89.6 Å². The van der Waals surface area contributed by atoms with Gasteiger partial charge in [-0.25, -0.2) is 0 Å². The Kier molecular flexibility index (Phi) is 23.3. The van der Waals surface area contributed by atoms with Crippen LogP contribution in [-0.4, -0.2) is 178 Å². The molecule has 4 unspecified atom stereocenters. The first-order valence-corrected chi connectivity index (χ1v) is 31.5. The average molecular weight is 1450 g/mol. The van der Waals surface area contributed by atoms with Crippen LogP contribution in [0.1, 0.15) is 58.8 Å². The Bertz CT molecular complexity index is 831. The molecule has 0 aromatic heterocycles. The third kappa shape index (κ3) is 11.2. The molecule has 1 radical (unpaired) electrons. The van der Waals surface area contributed by atoms with Gasteiger partial charge in [-0.05, 0) is 28.6 Å². The Balaban J connectivity index is 0.000000205. The van der Waals surface area contributed by atoms with Crippen molar-refractivity contribution >= 4 is 106 Å². The monoisotopic (exact) mass is 1450 g/mol. The van der Waals surface area contributed by atoms with Crippen LogP contribution < -0.4 is 44.3 Å². The fourth-order valence-electron chi connectivity index (χ4n) is 9.37. The number of nitrogens with zero attached hydrogens (tertiary/aromatic N) is 8. The predicted octanol–water partition coefficient (Wildman–Crippen LogP) is -0.0636. The molecule has 281 valence electrons. The summed E-state index contributed by atoms with van der Waals surface area (Å²) in [5.74, 6) is 0. The summed E-state index contributed by atoms with van der Waals surface area (Å²) in [4.78, 5) is 18.7. The quantitative estimate of drug-likeness (QED) is 0.217. The molecule has 8 saturated heterocycles. The maximum Gasteiger partial charge on any atom is 0 e. The molecule has 0 aliphatic carbocycles. The minimum atomic E-state index is 0. The summed E-state index contributed by atoms with van der Waals surface area (Å²) in [7, 11) is 0. The van der Waals surface area contributed by atoms with E-state index in [1.54, 1.807) is 0 Å². The Labute approximate surface area is 381 Å². The van der Waals surface area contributed by atoms with E-state index in [0.717, 1.165) is 24.7 Å². The summed E-state index contributed by atoms with van der Waals surface area (Å²) >= 11 is 11.9. The first kappa shape index (κ1) is 46.2. The number of halogens is 7. The first-order chi connectivity index (χ1) is 22.5.